The lowest BCUT2D eigenvalue weighted by Crippen LogP contribution is -2.32. The Morgan fingerprint density at radius 1 is 1.00 bits per heavy atom. The van der Waals surface area contributed by atoms with Gasteiger partial charge >= 0.3 is 0 Å². The van der Waals surface area contributed by atoms with Crippen LogP contribution in [0.25, 0.3) is 21.8 Å². The van der Waals surface area contributed by atoms with E-state index in [1.807, 2.05) is 42.6 Å². The highest BCUT2D eigenvalue weighted by atomic mass is 32.1. The molecule has 0 bridgehead atoms. The third-order valence-corrected chi connectivity index (χ3v) is 7.71. The fraction of sp³-hybridized carbons (Fsp3) is 0.321. The minimum Gasteiger partial charge on any atom is -0.497 e. The maximum Gasteiger partial charge on any atom is 0.223 e. The Balaban J connectivity index is 1.49. The zero-order chi connectivity index (χ0) is 24.2. The van der Waals surface area contributed by atoms with Crippen molar-refractivity contribution in [2.45, 2.75) is 32.7 Å². The molecule has 1 saturated heterocycles. The lowest BCUT2D eigenvalue weighted by atomic mass is 10.00. The van der Waals surface area contributed by atoms with Crippen LogP contribution in [0.3, 0.4) is 0 Å². The molecule has 1 fully saturated rings. The molecule has 2 aromatic carbocycles. The van der Waals surface area contributed by atoms with Gasteiger partial charge in [-0.25, -0.2) is 15.0 Å². The van der Waals surface area contributed by atoms with Gasteiger partial charge < -0.3 is 15.0 Å². The number of nitrogens with zero attached hydrogens (tertiary/aromatic N) is 4. The number of aromatic nitrogens is 3. The predicted octanol–water partition coefficient (Wildman–Crippen LogP) is 6.69. The highest BCUT2D eigenvalue weighted by Crippen LogP contribution is 2.41. The third-order valence-electron chi connectivity index (χ3n) is 6.57. The normalized spacial score (nSPS) is 15.1. The number of ether oxygens (including phenoxy) is 1. The molecule has 3 heterocycles. The van der Waals surface area contributed by atoms with E-state index < -0.39 is 0 Å². The van der Waals surface area contributed by atoms with Crippen molar-refractivity contribution >= 4 is 22.4 Å². The molecule has 7 heteroatoms. The number of anilines is 2. The number of nitrogens with one attached hydrogen (secondary N) is 1. The van der Waals surface area contributed by atoms with Crippen molar-refractivity contribution in [3.63, 3.8) is 0 Å². The number of benzene rings is 2. The molecule has 0 saturated carbocycles. The molecular formula is C28H31N5OS. The average molecular weight is 486 g/mol. The summed E-state index contributed by atoms with van der Waals surface area (Å²) in [5.74, 6) is 2.22. The fourth-order valence-corrected chi connectivity index (χ4v) is 5.45. The van der Waals surface area contributed by atoms with E-state index in [2.05, 4.69) is 53.3 Å². The van der Waals surface area contributed by atoms with Gasteiger partial charge in [0.15, 0.2) is 5.13 Å². The Labute approximate surface area is 211 Å². The molecule has 1 aliphatic rings. The Bertz CT molecular complexity index is 1250. The molecule has 1 N–H and O–H groups in total. The molecule has 5 rings (SSSR count). The highest BCUT2D eigenvalue weighted by molar-refractivity contribution is 7.19. The van der Waals surface area contributed by atoms with Gasteiger partial charge in [0.2, 0.25) is 5.95 Å². The molecule has 0 spiro atoms. The van der Waals surface area contributed by atoms with Crippen LogP contribution in [-0.2, 0) is 0 Å². The van der Waals surface area contributed by atoms with Gasteiger partial charge in [-0.05, 0) is 61.6 Å². The first-order valence-corrected chi connectivity index (χ1v) is 13.0. The van der Waals surface area contributed by atoms with Gasteiger partial charge in [0.1, 0.15) is 5.75 Å². The largest absolute Gasteiger partial charge is 0.497 e. The van der Waals surface area contributed by atoms with Gasteiger partial charge in [0, 0.05) is 24.8 Å². The summed E-state index contributed by atoms with van der Waals surface area (Å²) < 4.78 is 5.36. The van der Waals surface area contributed by atoms with Gasteiger partial charge in [-0.1, -0.05) is 48.6 Å². The lowest BCUT2D eigenvalue weighted by molar-refractivity contribution is 0.415. The second-order valence-corrected chi connectivity index (χ2v) is 10.1. The van der Waals surface area contributed by atoms with E-state index >= 15 is 0 Å². The number of hydrogen-bond acceptors (Lipinski definition) is 7. The molecule has 1 unspecified atom stereocenters. The minimum atomic E-state index is 0.0971. The van der Waals surface area contributed by atoms with Crippen LogP contribution in [0.5, 0.6) is 5.75 Å². The molecule has 0 amide bonds. The molecule has 35 heavy (non-hydrogen) atoms. The van der Waals surface area contributed by atoms with Crippen LogP contribution in [0, 0.1) is 5.92 Å². The van der Waals surface area contributed by atoms with E-state index in [0.29, 0.717) is 5.95 Å². The molecule has 0 aliphatic carbocycles. The van der Waals surface area contributed by atoms with Crippen LogP contribution in [0.15, 0.2) is 66.9 Å². The molecular weight excluding hydrogens is 454 g/mol. The highest BCUT2D eigenvalue weighted by Gasteiger charge is 2.23. The van der Waals surface area contributed by atoms with Gasteiger partial charge in [-0.15, -0.1) is 0 Å². The van der Waals surface area contributed by atoms with E-state index in [1.54, 1.807) is 18.4 Å². The zero-order valence-electron chi connectivity index (χ0n) is 20.4. The topological polar surface area (TPSA) is 63.2 Å². The Kier molecular flexibility index (Phi) is 6.95. The Morgan fingerprint density at radius 2 is 1.74 bits per heavy atom. The summed E-state index contributed by atoms with van der Waals surface area (Å²) in [7, 11) is 1.69. The second kappa shape index (κ2) is 10.4. The number of piperidine rings is 1. The first-order chi connectivity index (χ1) is 17.1. The Hall–Kier alpha value is -3.45. The molecule has 2 aromatic heterocycles. The Morgan fingerprint density at radius 3 is 2.46 bits per heavy atom. The SMILES string of the molecule is COc1ccc(-c2nc(N3CCC(C)CC3)sc2-c2ccnc(NC(C)c3ccccc3)n2)cc1. The fourth-order valence-electron chi connectivity index (χ4n) is 4.34. The summed E-state index contributed by atoms with van der Waals surface area (Å²) in [6.07, 6.45) is 4.22. The molecule has 4 aromatic rings. The summed E-state index contributed by atoms with van der Waals surface area (Å²) in [6.45, 7) is 6.54. The van der Waals surface area contributed by atoms with E-state index in [4.69, 9.17) is 14.7 Å². The van der Waals surface area contributed by atoms with Crippen LogP contribution >= 0.6 is 11.3 Å². The molecule has 180 valence electrons. The van der Waals surface area contributed by atoms with Crippen molar-refractivity contribution in [2.24, 2.45) is 5.92 Å². The zero-order valence-corrected chi connectivity index (χ0v) is 21.3. The number of thiazole rings is 1. The van der Waals surface area contributed by atoms with E-state index in [-0.39, 0.29) is 6.04 Å². The first kappa shape index (κ1) is 23.3. The molecule has 1 aliphatic heterocycles. The van der Waals surface area contributed by atoms with Gasteiger partial charge in [0.25, 0.3) is 0 Å². The van der Waals surface area contributed by atoms with Crippen LogP contribution in [0.4, 0.5) is 11.1 Å². The van der Waals surface area contributed by atoms with E-state index in [9.17, 15) is 0 Å². The van der Waals surface area contributed by atoms with Gasteiger partial charge in [-0.3, -0.25) is 0 Å². The van der Waals surface area contributed by atoms with Crippen LogP contribution in [0.1, 0.15) is 38.3 Å². The summed E-state index contributed by atoms with van der Waals surface area (Å²) in [6, 6.07) is 20.5. The summed E-state index contributed by atoms with van der Waals surface area (Å²) in [4.78, 5) is 18.0. The van der Waals surface area contributed by atoms with Crippen LogP contribution in [-0.4, -0.2) is 35.2 Å². The van der Waals surface area contributed by atoms with Crippen LogP contribution < -0.4 is 15.0 Å². The quantitative estimate of drug-likeness (QED) is 0.315. The maximum atomic E-state index is 5.36. The summed E-state index contributed by atoms with van der Waals surface area (Å²) in [5.41, 5.74) is 4.08. The smallest absolute Gasteiger partial charge is 0.223 e. The summed E-state index contributed by atoms with van der Waals surface area (Å²) >= 11 is 1.71. The van der Waals surface area contributed by atoms with Crippen molar-refractivity contribution in [3.05, 3.63) is 72.4 Å². The molecule has 1 atom stereocenters. The van der Waals surface area contributed by atoms with Crippen LogP contribution in [0.2, 0.25) is 0 Å². The second-order valence-electron chi connectivity index (χ2n) is 9.11. The average Bonchev–Trinajstić information content (AvgIpc) is 3.35. The number of methoxy groups -OCH3 is 1. The lowest BCUT2D eigenvalue weighted by Gasteiger charge is -2.29. The predicted molar refractivity (Wildman–Crippen MR) is 144 cm³/mol. The number of rotatable bonds is 7. The van der Waals surface area contributed by atoms with Gasteiger partial charge in [-0.2, -0.15) is 0 Å². The minimum absolute atomic E-state index is 0.0971. The standard InChI is InChI=1S/C28H31N5OS/c1-19-14-17-33(18-15-19)28-32-25(22-9-11-23(34-3)12-10-22)26(35-28)24-13-16-29-27(31-24)30-20(2)21-7-5-4-6-8-21/h4-13,16,19-20H,14-15,17-18H2,1-3H3,(H,29,30,31). The van der Waals surface area contributed by atoms with E-state index in [0.717, 1.165) is 51.7 Å². The molecule has 6 nitrogen and oxygen atoms in total. The van der Waals surface area contributed by atoms with Crippen molar-refractivity contribution in [3.8, 4) is 27.6 Å². The summed E-state index contributed by atoms with van der Waals surface area (Å²) in [5, 5.41) is 4.51. The van der Waals surface area contributed by atoms with Crippen molar-refractivity contribution < 1.29 is 4.74 Å². The number of hydrogen-bond donors (Lipinski definition) is 1. The third kappa shape index (κ3) is 5.30. The van der Waals surface area contributed by atoms with E-state index in [1.165, 1.54) is 18.4 Å². The molecule has 0 radical (unpaired) electrons. The first-order valence-electron chi connectivity index (χ1n) is 12.2. The van der Waals surface area contributed by atoms with Crippen molar-refractivity contribution in [1.82, 2.24) is 15.0 Å². The monoisotopic (exact) mass is 485 g/mol. The van der Waals surface area contributed by atoms with Crippen molar-refractivity contribution in [1.29, 1.82) is 0 Å². The van der Waals surface area contributed by atoms with Crippen molar-refractivity contribution in [2.75, 3.05) is 30.4 Å². The van der Waals surface area contributed by atoms with Gasteiger partial charge in [0.05, 0.1) is 29.4 Å². The maximum absolute atomic E-state index is 5.36.